The van der Waals surface area contributed by atoms with Crippen molar-refractivity contribution in [1.29, 1.82) is 0 Å². The van der Waals surface area contributed by atoms with E-state index >= 15 is 0 Å². The van der Waals surface area contributed by atoms with Crippen molar-refractivity contribution in [2.75, 3.05) is 16.4 Å². The van der Waals surface area contributed by atoms with Gasteiger partial charge in [0.2, 0.25) is 5.95 Å². The fourth-order valence-corrected chi connectivity index (χ4v) is 3.62. The second-order valence-corrected chi connectivity index (χ2v) is 9.18. The number of aromatic nitrogens is 2. The minimum atomic E-state index is -3.25. The van der Waals surface area contributed by atoms with E-state index in [1.165, 1.54) is 0 Å². The van der Waals surface area contributed by atoms with Gasteiger partial charge in [-0.2, -0.15) is 4.98 Å². The van der Waals surface area contributed by atoms with Gasteiger partial charge in [-0.05, 0) is 52.3 Å². The van der Waals surface area contributed by atoms with Crippen LogP contribution in [0.4, 0.5) is 17.5 Å². The summed E-state index contributed by atoms with van der Waals surface area (Å²) in [5.41, 5.74) is 1.41. The third kappa shape index (κ3) is 5.42. The van der Waals surface area contributed by atoms with Crippen molar-refractivity contribution < 1.29 is 8.42 Å². The Hall–Kier alpha value is -2.15. The van der Waals surface area contributed by atoms with Gasteiger partial charge in [0, 0.05) is 23.0 Å². The molecule has 0 saturated heterocycles. The quantitative estimate of drug-likeness (QED) is 0.810. The molecule has 0 unspecified atom stereocenters. The SMILES string of the molecule is CCCS(=O)(=O)c1cccc(Nc2nc(NC(C)(C)C)ncc2C)c1. The summed E-state index contributed by atoms with van der Waals surface area (Å²) >= 11 is 0. The van der Waals surface area contributed by atoms with Crippen LogP contribution >= 0.6 is 0 Å². The van der Waals surface area contributed by atoms with Crippen LogP contribution in [-0.2, 0) is 9.84 Å². The number of aryl methyl sites for hydroxylation is 1. The standard InChI is InChI=1S/C18H26N4O2S/c1-6-10-25(23,24)15-9-7-8-14(11-15)20-16-13(2)12-19-17(21-16)22-18(3,4)5/h7-9,11-12H,6,10H2,1-5H3,(H2,19,20,21,22). The Kier molecular flexibility index (Phi) is 5.67. The fraction of sp³-hybridized carbons (Fsp3) is 0.444. The van der Waals surface area contributed by atoms with Crippen molar-refractivity contribution in [2.24, 2.45) is 0 Å². The van der Waals surface area contributed by atoms with Crippen molar-refractivity contribution in [3.05, 3.63) is 36.0 Å². The van der Waals surface area contributed by atoms with E-state index in [0.717, 1.165) is 5.56 Å². The van der Waals surface area contributed by atoms with Crippen molar-refractivity contribution in [1.82, 2.24) is 9.97 Å². The Morgan fingerprint density at radius 2 is 1.92 bits per heavy atom. The van der Waals surface area contributed by atoms with Gasteiger partial charge < -0.3 is 10.6 Å². The molecule has 2 N–H and O–H groups in total. The van der Waals surface area contributed by atoms with Gasteiger partial charge >= 0.3 is 0 Å². The Morgan fingerprint density at radius 3 is 2.56 bits per heavy atom. The first-order valence-electron chi connectivity index (χ1n) is 8.32. The molecule has 6 nitrogen and oxygen atoms in total. The molecule has 1 aromatic heterocycles. The van der Waals surface area contributed by atoms with Crippen molar-refractivity contribution in [2.45, 2.75) is 51.5 Å². The van der Waals surface area contributed by atoms with E-state index in [2.05, 4.69) is 20.6 Å². The van der Waals surface area contributed by atoms with Crippen LogP contribution in [0.25, 0.3) is 0 Å². The van der Waals surface area contributed by atoms with Gasteiger partial charge in [0.15, 0.2) is 9.84 Å². The molecule has 0 fully saturated rings. The normalized spacial score (nSPS) is 12.0. The van der Waals surface area contributed by atoms with Crippen LogP contribution in [0.15, 0.2) is 35.4 Å². The van der Waals surface area contributed by atoms with Crippen molar-refractivity contribution in [3.63, 3.8) is 0 Å². The lowest BCUT2D eigenvalue weighted by Crippen LogP contribution is -2.27. The summed E-state index contributed by atoms with van der Waals surface area (Å²) in [6, 6.07) is 6.82. The van der Waals surface area contributed by atoms with E-state index in [0.29, 0.717) is 28.8 Å². The zero-order valence-electron chi connectivity index (χ0n) is 15.4. The molecule has 0 saturated carbocycles. The molecule has 0 amide bonds. The Morgan fingerprint density at radius 1 is 1.20 bits per heavy atom. The number of nitrogens with zero attached hydrogens (tertiary/aromatic N) is 2. The molecule has 25 heavy (non-hydrogen) atoms. The smallest absolute Gasteiger partial charge is 0.225 e. The summed E-state index contributed by atoms with van der Waals surface area (Å²) in [4.78, 5) is 9.11. The van der Waals surface area contributed by atoms with Crippen LogP contribution in [0.5, 0.6) is 0 Å². The highest BCUT2D eigenvalue weighted by molar-refractivity contribution is 7.91. The third-order valence-electron chi connectivity index (χ3n) is 3.39. The highest BCUT2D eigenvalue weighted by atomic mass is 32.2. The topological polar surface area (TPSA) is 84.0 Å². The van der Waals surface area contributed by atoms with Gasteiger partial charge in [-0.25, -0.2) is 13.4 Å². The lowest BCUT2D eigenvalue weighted by atomic mass is 10.1. The molecule has 0 spiro atoms. The summed E-state index contributed by atoms with van der Waals surface area (Å²) in [6.45, 7) is 9.86. The van der Waals surface area contributed by atoms with Gasteiger partial charge in [-0.15, -0.1) is 0 Å². The first-order valence-corrected chi connectivity index (χ1v) is 9.97. The van der Waals surface area contributed by atoms with Crippen LogP contribution in [0.2, 0.25) is 0 Å². The largest absolute Gasteiger partial charge is 0.350 e. The van der Waals surface area contributed by atoms with Gasteiger partial charge in [-0.3, -0.25) is 0 Å². The number of sulfone groups is 1. The van der Waals surface area contributed by atoms with Gasteiger partial charge in [0.1, 0.15) is 5.82 Å². The molecular weight excluding hydrogens is 336 g/mol. The van der Waals surface area contributed by atoms with Gasteiger partial charge in [0.25, 0.3) is 0 Å². The molecule has 2 rings (SSSR count). The number of hydrogen-bond donors (Lipinski definition) is 2. The van der Waals surface area contributed by atoms with Gasteiger partial charge in [0.05, 0.1) is 10.6 Å². The van der Waals surface area contributed by atoms with E-state index in [1.807, 2.05) is 40.7 Å². The number of nitrogens with one attached hydrogen (secondary N) is 2. The average Bonchev–Trinajstić information content (AvgIpc) is 2.49. The molecule has 0 atom stereocenters. The third-order valence-corrected chi connectivity index (χ3v) is 5.31. The zero-order valence-corrected chi connectivity index (χ0v) is 16.2. The molecule has 2 aromatic rings. The number of hydrogen-bond acceptors (Lipinski definition) is 6. The molecule has 1 heterocycles. The van der Waals surface area contributed by atoms with E-state index in [9.17, 15) is 8.42 Å². The van der Waals surface area contributed by atoms with Crippen molar-refractivity contribution in [3.8, 4) is 0 Å². The highest BCUT2D eigenvalue weighted by Crippen LogP contribution is 2.23. The average molecular weight is 362 g/mol. The second-order valence-electron chi connectivity index (χ2n) is 7.07. The number of benzene rings is 1. The maximum atomic E-state index is 12.3. The Bertz CT molecular complexity index is 842. The summed E-state index contributed by atoms with van der Waals surface area (Å²) in [7, 11) is -3.25. The lowest BCUT2D eigenvalue weighted by Gasteiger charge is -2.21. The maximum absolute atomic E-state index is 12.3. The first kappa shape index (κ1) is 19.2. The Labute approximate surface area is 150 Å². The number of anilines is 3. The fourth-order valence-electron chi connectivity index (χ4n) is 2.25. The minimum absolute atomic E-state index is 0.142. The van der Waals surface area contributed by atoms with Crippen LogP contribution in [-0.4, -0.2) is 29.7 Å². The van der Waals surface area contributed by atoms with Crippen LogP contribution < -0.4 is 10.6 Å². The van der Waals surface area contributed by atoms with E-state index < -0.39 is 9.84 Å². The zero-order chi connectivity index (χ0) is 18.7. The molecule has 7 heteroatoms. The number of rotatable bonds is 6. The van der Waals surface area contributed by atoms with E-state index in [4.69, 9.17) is 0 Å². The molecule has 0 aliphatic carbocycles. The monoisotopic (exact) mass is 362 g/mol. The Balaban J connectivity index is 2.29. The molecule has 0 radical (unpaired) electrons. The molecule has 0 bridgehead atoms. The summed E-state index contributed by atoms with van der Waals surface area (Å²) in [5, 5.41) is 6.43. The maximum Gasteiger partial charge on any atom is 0.225 e. The molecule has 1 aromatic carbocycles. The van der Waals surface area contributed by atoms with Crippen LogP contribution in [0.1, 0.15) is 39.7 Å². The van der Waals surface area contributed by atoms with Crippen molar-refractivity contribution >= 4 is 27.3 Å². The van der Waals surface area contributed by atoms with E-state index in [1.54, 1.807) is 24.4 Å². The minimum Gasteiger partial charge on any atom is -0.350 e. The summed E-state index contributed by atoms with van der Waals surface area (Å²) in [5.74, 6) is 1.31. The van der Waals surface area contributed by atoms with Crippen LogP contribution in [0, 0.1) is 6.92 Å². The predicted molar refractivity (Wildman–Crippen MR) is 102 cm³/mol. The highest BCUT2D eigenvalue weighted by Gasteiger charge is 2.15. The second kappa shape index (κ2) is 7.39. The predicted octanol–water partition coefficient (Wildman–Crippen LogP) is 3.92. The summed E-state index contributed by atoms with van der Waals surface area (Å²) in [6.07, 6.45) is 2.33. The molecular formula is C18H26N4O2S. The molecule has 136 valence electrons. The van der Waals surface area contributed by atoms with E-state index in [-0.39, 0.29) is 11.3 Å². The lowest BCUT2D eigenvalue weighted by molar-refractivity contribution is 0.594. The summed E-state index contributed by atoms with van der Waals surface area (Å²) < 4.78 is 24.5. The van der Waals surface area contributed by atoms with Gasteiger partial charge in [-0.1, -0.05) is 13.0 Å². The first-order chi connectivity index (χ1) is 11.6. The molecule has 0 aliphatic heterocycles. The van der Waals surface area contributed by atoms with Crippen LogP contribution in [0.3, 0.4) is 0 Å². The molecule has 0 aliphatic rings.